The van der Waals surface area contributed by atoms with Crippen LogP contribution < -0.4 is 14.9 Å². The summed E-state index contributed by atoms with van der Waals surface area (Å²) < 4.78 is 17.9. The largest absolute Gasteiger partial charge is 0.502 e. The van der Waals surface area contributed by atoms with Crippen molar-refractivity contribution < 1.29 is 29.2 Å². The number of nitrogens with zero attached hydrogens (tertiary/aromatic N) is 1. The number of aliphatic hydroxyl groups excluding tert-OH is 1. The predicted molar refractivity (Wildman–Crippen MR) is 123 cm³/mol. The minimum absolute atomic E-state index is 0.00190. The van der Waals surface area contributed by atoms with Crippen molar-refractivity contribution in [3.05, 3.63) is 44.5 Å². The Hall–Kier alpha value is -2.75. The molecule has 1 saturated heterocycles. The van der Waals surface area contributed by atoms with Crippen molar-refractivity contribution in [2.45, 2.75) is 18.4 Å². The molecule has 0 bridgehead atoms. The monoisotopic (exact) mass is 505 g/mol. The highest BCUT2D eigenvalue weighted by atomic mass is 79.9. The standard InChI is InChI=1S/C23H24BrNO7/c1-25-9-8-13(14(25)10-26)15-21-16(23(31-3)19(29)22(15)30-2)17(27)18(28)20(32-21)11-4-6-12(24)7-5-11/h4-7,13-14,26,28-29H,8-10H2,1-3H3/t13-,14+/m1/s1. The minimum atomic E-state index is -0.730. The van der Waals surface area contributed by atoms with Gasteiger partial charge < -0.3 is 34.1 Å². The van der Waals surface area contributed by atoms with Crippen LogP contribution in [0, 0.1) is 0 Å². The van der Waals surface area contributed by atoms with E-state index < -0.39 is 11.2 Å². The van der Waals surface area contributed by atoms with Crippen molar-refractivity contribution >= 4 is 26.9 Å². The van der Waals surface area contributed by atoms with Crippen LogP contribution in [-0.2, 0) is 0 Å². The van der Waals surface area contributed by atoms with Gasteiger partial charge in [-0.15, -0.1) is 0 Å². The highest BCUT2D eigenvalue weighted by Gasteiger charge is 2.39. The molecular weight excluding hydrogens is 482 g/mol. The molecule has 1 aromatic heterocycles. The van der Waals surface area contributed by atoms with E-state index in [1.54, 1.807) is 24.3 Å². The van der Waals surface area contributed by atoms with Gasteiger partial charge >= 0.3 is 0 Å². The van der Waals surface area contributed by atoms with E-state index in [0.717, 1.165) is 4.47 Å². The fourth-order valence-corrected chi connectivity index (χ4v) is 4.79. The van der Waals surface area contributed by atoms with Gasteiger partial charge in [-0.3, -0.25) is 4.79 Å². The molecule has 0 saturated carbocycles. The Labute approximate surface area is 192 Å². The van der Waals surface area contributed by atoms with E-state index in [1.807, 2.05) is 11.9 Å². The molecule has 0 unspecified atom stereocenters. The Bertz CT molecular complexity index is 1220. The number of ether oxygens (including phenoxy) is 2. The first-order valence-electron chi connectivity index (χ1n) is 10.1. The van der Waals surface area contributed by atoms with Crippen molar-refractivity contribution in [2.24, 2.45) is 0 Å². The van der Waals surface area contributed by atoms with Crippen molar-refractivity contribution in [1.29, 1.82) is 0 Å². The molecule has 170 valence electrons. The third kappa shape index (κ3) is 3.41. The average Bonchev–Trinajstić information content (AvgIpc) is 3.16. The molecular formula is C23H24BrNO7. The third-order valence-electron chi connectivity index (χ3n) is 6.13. The lowest BCUT2D eigenvalue weighted by Gasteiger charge is -2.26. The maximum Gasteiger partial charge on any atom is 0.238 e. The molecule has 1 aliphatic heterocycles. The Morgan fingerprint density at radius 3 is 2.38 bits per heavy atom. The summed E-state index contributed by atoms with van der Waals surface area (Å²) in [6.45, 7) is 0.579. The summed E-state index contributed by atoms with van der Waals surface area (Å²) in [5, 5.41) is 31.6. The first kappa shape index (κ1) is 22.4. The normalized spacial score (nSPS) is 18.9. The van der Waals surface area contributed by atoms with Crippen LogP contribution in [0.3, 0.4) is 0 Å². The average molecular weight is 506 g/mol. The van der Waals surface area contributed by atoms with Gasteiger partial charge in [0.05, 0.1) is 20.8 Å². The number of aromatic hydroxyl groups is 2. The summed E-state index contributed by atoms with van der Waals surface area (Å²) in [6.07, 6.45) is 0.650. The number of benzene rings is 2. The van der Waals surface area contributed by atoms with E-state index in [9.17, 15) is 20.1 Å². The fourth-order valence-electron chi connectivity index (χ4n) is 4.52. The zero-order chi connectivity index (χ0) is 23.2. The molecule has 2 atom stereocenters. The molecule has 0 radical (unpaired) electrons. The molecule has 2 aromatic carbocycles. The van der Waals surface area contributed by atoms with Crippen LogP contribution in [0.4, 0.5) is 0 Å². The number of fused-ring (bicyclic) bond motifs is 1. The summed E-state index contributed by atoms with van der Waals surface area (Å²) in [4.78, 5) is 15.3. The van der Waals surface area contributed by atoms with Gasteiger partial charge in [0.25, 0.3) is 0 Å². The first-order chi connectivity index (χ1) is 15.3. The van der Waals surface area contributed by atoms with Gasteiger partial charge in [-0.25, -0.2) is 0 Å². The number of phenols is 1. The molecule has 0 aliphatic carbocycles. The number of methoxy groups -OCH3 is 2. The maximum absolute atomic E-state index is 13.3. The Kier molecular flexibility index (Phi) is 6.07. The van der Waals surface area contributed by atoms with Crippen molar-refractivity contribution in [3.8, 4) is 34.3 Å². The van der Waals surface area contributed by atoms with Gasteiger partial charge in [0, 0.05) is 27.6 Å². The highest BCUT2D eigenvalue weighted by molar-refractivity contribution is 9.10. The van der Waals surface area contributed by atoms with Gasteiger partial charge in [-0.2, -0.15) is 0 Å². The van der Waals surface area contributed by atoms with Gasteiger partial charge in [0.2, 0.25) is 16.9 Å². The Balaban J connectivity index is 2.13. The predicted octanol–water partition coefficient (Wildman–Crippen LogP) is 3.43. The van der Waals surface area contributed by atoms with Crippen LogP contribution in [0.15, 0.2) is 37.9 Å². The summed E-state index contributed by atoms with van der Waals surface area (Å²) in [5.41, 5.74) is 0.381. The van der Waals surface area contributed by atoms with Crippen LogP contribution in [0.25, 0.3) is 22.3 Å². The van der Waals surface area contributed by atoms with E-state index in [1.165, 1.54) is 14.2 Å². The molecule has 1 fully saturated rings. The molecule has 4 rings (SSSR count). The van der Waals surface area contributed by atoms with Crippen LogP contribution in [0.2, 0.25) is 0 Å². The molecule has 0 amide bonds. The molecule has 2 heterocycles. The van der Waals surface area contributed by atoms with Crippen molar-refractivity contribution in [2.75, 3.05) is 34.4 Å². The van der Waals surface area contributed by atoms with Crippen molar-refractivity contribution in [3.63, 3.8) is 0 Å². The molecule has 8 nitrogen and oxygen atoms in total. The second kappa shape index (κ2) is 8.65. The van der Waals surface area contributed by atoms with E-state index in [4.69, 9.17) is 13.9 Å². The van der Waals surface area contributed by atoms with Gasteiger partial charge in [0.1, 0.15) is 11.0 Å². The highest BCUT2D eigenvalue weighted by Crippen LogP contribution is 2.51. The molecule has 0 spiro atoms. The number of likely N-dealkylation sites (N-methyl/N-ethyl adjacent to an activating group) is 1. The molecule has 32 heavy (non-hydrogen) atoms. The smallest absolute Gasteiger partial charge is 0.238 e. The lowest BCUT2D eigenvalue weighted by atomic mass is 9.88. The number of halogens is 1. The van der Waals surface area contributed by atoms with E-state index in [0.29, 0.717) is 24.1 Å². The first-order valence-corrected chi connectivity index (χ1v) is 10.9. The summed E-state index contributed by atoms with van der Waals surface area (Å²) in [6, 6.07) is 6.69. The summed E-state index contributed by atoms with van der Waals surface area (Å²) in [5.74, 6) is -1.26. The van der Waals surface area contributed by atoms with Gasteiger partial charge in [-0.05, 0) is 44.3 Å². The second-order valence-electron chi connectivity index (χ2n) is 7.77. The molecule has 9 heteroatoms. The zero-order valence-electron chi connectivity index (χ0n) is 17.9. The summed E-state index contributed by atoms with van der Waals surface area (Å²) >= 11 is 3.37. The minimum Gasteiger partial charge on any atom is -0.502 e. The van der Waals surface area contributed by atoms with Gasteiger partial charge in [-0.1, -0.05) is 15.9 Å². The van der Waals surface area contributed by atoms with Gasteiger partial charge in [0.15, 0.2) is 17.3 Å². The van der Waals surface area contributed by atoms with E-state index in [-0.39, 0.29) is 52.5 Å². The number of hydrogen-bond donors (Lipinski definition) is 3. The van der Waals surface area contributed by atoms with Crippen molar-refractivity contribution in [1.82, 2.24) is 4.90 Å². The molecule has 3 aromatic rings. The number of likely N-dealkylation sites (tertiary alicyclic amines) is 1. The fraction of sp³-hybridized carbons (Fsp3) is 0.348. The molecule has 1 aliphatic rings. The molecule has 3 N–H and O–H groups in total. The third-order valence-corrected chi connectivity index (χ3v) is 6.66. The van der Waals surface area contributed by atoms with Crippen LogP contribution in [0.1, 0.15) is 17.9 Å². The van der Waals surface area contributed by atoms with E-state index in [2.05, 4.69) is 15.9 Å². The number of phenolic OH excluding ortho intramolecular Hbond substituents is 1. The summed E-state index contributed by atoms with van der Waals surface area (Å²) in [7, 11) is 4.62. The van der Waals surface area contributed by atoms with Crippen LogP contribution >= 0.6 is 15.9 Å². The Morgan fingerprint density at radius 2 is 1.78 bits per heavy atom. The van der Waals surface area contributed by atoms with Crippen LogP contribution in [-0.4, -0.2) is 60.7 Å². The lowest BCUT2D eigenvalue weighted by Crippen LogP contribution is -2.32. The zero-order valence-corrected chi connectivity index (χ0v) is 19.5. The number of aliphatic hydroxyl groups is 1. The maximum atomic E-state index is 13.3. The number of hydrogen-bond acceptors (Lipinski definition) is 8. The van der Waals surface area contributed by atoms with E-state index >= 15 is 0 Å². The van der Waals surface area contributed by atoms with Crippen LogP contribution in [0.5, 0.6) is 23.0 Å². The number of rotatable bonds is 5. The Morgan fingerprint density at radius 1 is 1.12 bits per heavy atom. The topological polar surface area (TPSA) is 113 Å². The quantitative estimate of drug-likeness (QED) is 0.483. The SMILES string of the molecule is COc1c(O)c(OC)c2c(=O)c(O)c(-c3ccc(Br)cc3)oc2c1[C@@H]1CCN(C)[C@H]1CO. The lowest BCUT2D eigenvalue weighted by molar-refractivity contribution is 0.171. The second-order valence-corrected chi connectivity index (χ2v) is 8.69.